The third-order valence-electron chi connectivity index (χ3n) is 2.25. The smallest absolute Gasteiger partial charge is 0.240 e. The zero-order chi connectivity index (χ0) is 14.7. The number of hydrogen-bond acceptors (Lipinski definition) is 4. The molecule has 0 aliphatic rings. The monoisotopic (exact) mass is 285 g/mol. The lowest BCUT2D eigenvalue weighted by Gasteiger charge is -2.20. The minimum absolute atomic E-state index is 0.0858. The van der Waals surface area contributed by atoms with Crippen LogP contribution in [-0.4, -0.2) is 26.4 Å². The Balaban J connectivity index is 2.81. The van der Waals surface area contributed by atoms with Gasteiger partial charge in [0.25, 0.3) is 0 Å². The number of nitrogens with two attached hydrogens (primary N) is 1. The van der Waals surface area contributed by atoms with Gasteiger partial charge in [-0.2, -0.15) is 0 Å². The molecule has 0 atom stereocenters. The maximum atomic E-state index is 11.7. The topological polar surface area (TPSA) is 101 Å². The summed E-state index contributed by atoms with van der Waals surface area (Å²) in [5.41, 5.74) is -0.0118. The zero-order valence-corrected chi connectivity index (χ0v) is 12.0. The largest absolute Gasteiger partial charge is 0.324 e. The van der Waals surface area contributed by atoms with E-state index in [0.29, 0.717) is 0 Å². The number of anilines is 1. The first-order valence-electron chi connectivity index (χ1n) is 5.76. The fourth-order valence-electron chi connectivity index (χ4n) is 1.36. The number of hydrogen-bond donors (Lipinski definition) is 3. The number of benzene rings is 1. The third-order valence-corrected chi connectivity index (χ3v) is 3.22. The molecular formula is C12H19N3O3S. The molecular weight excluding hydrogens is 266 g/mol. The van der Waals surface area contributed by atoms with Gasteiger partial charge in [-0.25, -0.2) is 13.6 Å². The van der Waals surface area contributed by atoms with E-state index in [-0.39, 0.29) is 28.6 Å². The number of carbonyl (C=O) groups is 1. The van der Waals surface area contributed by atoms with Crippen LogP contribution >= 0.6 is 0 Å². The first kappa shape index (κ1) is 15.6. The van der Waals surface area contributed by atoms with Gasteiger partial charge in [0.05, 0.1) is 12.2 Å². The van der Waals surface area contributed by atoms with Crippen LogP contribution in [0.1, 0.15) is 20.8 Å². The average molecular weight is 285 g/mol. The van der Waals surface area contributed by atoms with Gasteiger partial charge in [-0.05, 0) is 32.9 Å². The Bertz CT molecular complexity index is 562. The van der Waals surface area contributed by atoms with Gasteiger partial charge in [0.1, 0.15) is 4.90 Å². The summed E-state index contributed by atoms with van der Waals surface area (Å²) in [6.45, 7) is 5.87. The van der Waals surface area contributed by atoms with Gasteiger partial charge in [-0.3, -0.25) is 4.79 Å². The third kappa shape index (κ3) is 5.37. The van der Waals surface area contributed by atoms with Crippen molar-refractivity contribution in [1.29, 1.82) is 0 Å². The summed E-state index contributed by atoms with van der Waals surface area (Å²) in [5, 5.41) is 10.6. The number of sulfonamides is 1. The van der Waals surface area contributed by atoms with Crippen molar-refractivity contribution in [1.82, 2.24) is 5.32 Å². The van der Waals surface area contributed by atoms with Crippen molar-refractivity contribution in [3.05, 3.63) is 24.3 Å². The van der Waals surface area contributed by atoms with Gasteiger partial charge < -0.3 is 10.6 Å². The molecule has 0 heterocycles. The van der Waals surface area contributed by atoms with Crippen LogP contribution in [0, 0.1) is 0 Å². The molecule has 7 heteroatoms. The summed E-state index contributed by atoms with van der Waals surface area (Å²) in [5.74, 6) is -0.328. The Morgan fingerprint density at radius 1 is 1.26 bits per heavy atom. The summed E-state index contributed by atoms with van der Waals surface area (Å²) < 4.78 is 22.7. The number of nitrogens with one attached hydrogen (secondary N) is 2. The summed E-state index contributed by atoms with van der Waals surface area (Å²) in [6, 6.07) is 6.02. The van der Waals surface area contributed by atoms with E-state index in [1.54, 1.807) is 12.1 Å². The van der Waals surface area contributed by atoms with Gasteiger partial charge in [-0.15, -0.1) is 0 Å². The number of carbonyl (C=O) groups excluding carboxylic acids is 1. The van der Waals surface area contributed by atoms with E-state index in [0.717, 1.165) is 0 Å². The van der Waals surface area contributed by atoms with Crippen LogP contribution in [0.2, 0.25) is 0 Å². The highest BCUT2D eigenvalue weighted by atomic mass is 32.2. The number of primary sulfonamides is 1. The highest BCUT2D eigenvalue weighted by molar-refractivity contribution is 7.89. The Hall–Kier alpha value is -1.44. The highest BCUT2D eigenvalue weighted by Crippen LogP contribution is 2.18. The average Bonchev–Trinajstić information content (AvgIpc) is 2.25. The van der Waals surface area contributed by atoms with Gasteiger partial charge in [-0.1, -0.05) is 12.1 Å². The molecule has 0 fully saturated rings. The summed E-state index contributed by atoms with van der Waals surface area (Å²) >= 11 is 0. The van der Waals surface area contributed by atoms with E-state index in [4.69, 9.17) is 5.14 Å². The Morgan fingerprint density at radius 3 is 2.37 bits per heavy atom. The summed E-state index contributed by atoms with van der Waals surface area (Å²) in [4.78, 5) is 11.6. The SMILES string of the molecule is CC(C)(C)NCC(=O)Nc1ccccc1S(N)(=O)=O. The normalized spacial score (nSPS) is 12.2. The fourth-order valence-corrected chi connectivity index (χ4v) is 2.05. The predicted molar refractivity (Wildman–Crippen MR) is 74.2 cm³/mol. The van der Waals surface area contributed by atoms with Crippen molar-refractivity contribution >= 4 is 21.6 Å². The molecule has 0 radical (unpaired) electrons. The molecule has 106 valence electrons. The summed E-state index contributed by atoms with van der Waals surface area (Å²) in [7, 11) is -3.86. The van der Waals surface area contributed by atoms with Crippen molar-refractivity contribution < 1.29 is 13.2 Å². The van der Waals surface area contributed by atoms with Gasteiger partial charge in [0.15, 0.2) is 0 Å². The lowest BCUT2D eigenvalue weighted by molar-refractivity contribution is -0.115. The first-order chi connectivity index (χ1) is 8.59. The lowest BCUT2D eigenvalue weighted by Crippen LogP contribution is -2.41. The molecule has 1 aromatic carbocycles. The van der Waals surface area contributed by atoms with E-state index in [2.05, 4.69) is 10.6 Å². The summed E-state index contributed by atoms with van der Waals surface area (Å²) in [6.07, 6.45) is 0. The molecule has 0 aromatic heterocycles. The number of amides is 1. The standard InChI is InChI=1S/C12H19N3O3S/c1-12(2,3)14-8-11(16)15-9-6-4-5-7-10(9)19(13,17)18/h4-7,14H,8H2,1-3H3,(H,15,16)(H2,13,17,18). The molecule has 1 amide bonds. The van der Waals surface area contributed by atoms with Crippen LogP contribution in [0.25, 0.3) is 0 Å². The Kier molecular flexibility index (Phi) is 4.67. The molecule has 0 aliphatic heterocycles. The molecule has 1 rings (SSSR count). The van der Waals surface area contributed by atoms with E-state index in [9.17, 15) is 13.2 Å². The van der Waals surface area contributed by atoms with Crippen molar-refractivity contribution in [3.63, 3.8) is 0 Å². The minimum Gasteiger partial charge on any atom is -0.324 e. The fraction of sp³-hybridized carbons (Fsp3) is 0.417. The molecule has 19 heavy (non-hydrogen) atoms. The number of rotatable bonds is 4. The Morgan fingerprint density at radius 2 is 1.84 bits per heavy atom. The van der Waals surface area contributed by atoms with E-state index in [1.807, 2.05) is 20.8 Å². The van der Waals surface area contributed by atoms with Crippen LogP contribution in [-0.2, 0) is 14.8 Å². The molecule has 1 aromatic rings. The molecule has 0 saturated heterocycles. The van der Waals surface area contributed by atoms with Crippen molar-refractivity contribution in [2.45, 2.75) is 31.2 Å². The van der Waals surface area contributed by atoms with E-state index in [1.165, 1.54) is 12.1 Å². The van der Waals surface area contributed by atoms with Gasteiger partial charge in [0, 0.05) is 5.54 Å². The van der Waals surface area contributed by atoms with Gasteiger partial charge >= 0.3 is 0 Å². The van der Waals surface area contributed by atoms with Crippen LogP contribution < -0.4 is 15.8 Å². The molecule has 0 spiro atoms. The molecule has 0 bridgehead atoms. The van der Waals surface area contributed by atoms with E-state index < -0.39 is 10.0 Å². The quantitative estimate of drug-likeness (QED) is 0.756. The second-order valence-corrected chi connectivity index (χ2v) is 6.72. The highest BCUT2D eigenvalue weighted by Gasteiger charge is 2.16. The maximum Gasteiger partial charge on any atom is 0.240 e. The van der Waals surface area contributed by atoms with Crippen LogP contribution in [0.15, 0.2) is 29.2 Å². The van der Waals surface area contributed by atoms with Crippen LogP contribution in [0.3, 0.4) is 0 Å². The van der Waals surface area contributed by atoms with Gasteiger partial charge in [0.2, 0.25) is 15.9 Å². The molecule has 4 N–H and O–H groups in total. The molecule has 0 saturated carbocycles. The van der Waals surface area contributed by atoms with Crippen molar-refractivity contribution in [2.24, 2.45) is 5.14 Å². The van der Waals surface area contributed by atoms with E-state index >= 15 is 0 Å². The predicted octanol–water partition coefficient (Wildman–Crippen LogP) is 0.661. The second-order valence-electron chi connectivity index (χ2n) is 5.19. The zero-order valence-electron chi connectivity index (χ0n) is 11.2. The molecule has 6 nitrogen and oxygen atoms in total. The maximum absolute atomic E-state index is 11.7. The van der Waals surface area contributed by atoms with Crippen molar-refractivity contribution in [3.8, 4) is 0 Å². The Labute approximate surface area is 113 Å². The van der Waals surface area contributed by atoms with Crippen LogP contribution in [0.5, 0.6) is 0 Å². The number of para-hydroxylation sites is 1. The van der Waals surface area contributed by atoms with Crippen molar-refractivity contribution in [2.75, 3.05) is 11.9 Å². The second kappa shape index (κ2) is 5.68. The molecule has 0 aliphatic carbocycles. The minimum atomic E-state index is -3.86. The molecule has 0 unspecified atom stereocenters. The first-order valence-corrected chi connectivity index (χ1v) is 7.31. The van der Waals surface area contributed by atoms with Crippen LogP contribution in [0.4, 0.5) is 5.69 Å². The lowest BCUT2D eigenvalue weighted by atomic mass is 10.1.